The molecule has 30 heavy (non-hydrogen) atoms. The summed E-state index contributed by atoms with van der Waals surface area (Å²) in [5.74, 6) is 0. The minimum atomic E-state index is 0.353. The molecule has 1 aliphatic rings. The Hall–Kier alpha value is -2.25. The molecular formula is C24H29N5S. The summed E-state index contributed by atoms with van der Waals surface area (Å²) in [5, 5.41) is 2.62. The van der Waals surface area contributed by atoms with Gasteiger partial charge < -0.3 is 14.5 Å². The van der Waals surface area contributed by atoms with Crippen molar-refractivity contribution in [1.82, 2.24) is 24.1 Å². The number of para-hydroxylation sites is 1. The molecule has 0 spiro atoms. The molecule has 0 radical (unpaired) electrons. The SMILES string of the molecule is CN1CCN(C(CNSc2ccc3cc[nH]c3c2)c2cn(C)c3ccccc23)CC1. The van der Waals surface area contributed by atoms with Crippen LogP contribution in [-0.4, -0.2) is 59.1 Å². The number of fused-ring (bicyclic) bond motifs is 2. The summed E-state index contributed by atoms with van der Waals surface area (Å²) in [6, 6.07) is 17.8. The zero-order valence-electron chi connectivity index (χ0n) is 17.6. The quantitative estimate of drug-likeness (QED) is 0.459. The zero-order chi connectivity index (χ0) is 20.5. The lowest BCUT2D eigenvalue weighted by Crippen LogP contribution is -2.47. The number of nitrogens with one attached hydrogen (secondary N) is 2. The molecule has 2 N–H and O–H groups in total. The van der Waals surface area contributed by atoms with Gasteiger partial charge in [0.15, 0.2) is 0 Å². The highest BCUT2D eigenvalue weighted by molar-refractivity contribution is 7.97. The van der Waals surface area contributed by atoms with Crippen LogP contribution in [0.2, 0.25) is 0 Å². The third-order valence-corrected chi connectivity index (χ3v) is 7.06. The predicted octanol–water partition coefficient (Wildman–Crippen LogP) is 4.25. The first-order valence-electron chi connectivity index (χ1n) is 10.6. The number of piperazine rings is 1. The molecule has 4 aromatic rings. The molecule has 1 atom stereocenters. The number of hydrogen-bond acceptors (Lipinski definition) is 4. The van der Waals surface area contributed by atoms with Gasteiger partial charge in [-0.2, -0.15) is 0 Å². The molecule has 2 aromatic heterocycles. The molecule has 6 heteroatoms. The summed E-state index contributed by atoms with van der Waals surface area (Å²) >= 11 is 1.72. The van der Waals surface area contributed by atoms with Crippen molar-refractivity contribution in [3.8, 4) is 0 Å². The third kappa shape index (κ3) is 3.88. The van der Waals surface area contributed by atoms with Gasteiger partial charge in [0.2, 0.25) is 0 Å². The number of aryl methyl sites for hydroxylation is 1. The average molecular weight is 420 g/mol. The monoisotopic (exact) mass is 419 g/mol. The van der Waals surface area contributed by atoms with Crippen LogP contribution in [0.5, 0.6) is 0 Å². The lowest BCUT2D eigenvalue weighted by molar-refractivity contribution is 0.113. The number of aromatic nitrogens is 2. The van der Waals surface area contributed by atoms with Gasteiger partial charge in [-0.1, -0.05) is 24.3 Å². The van der Waals surface area contributed by atoms with Crippen molar-refractivity contribution in [3.05, 3.63) is 66.5 Å². The maximum atomic E-state index is 3.68. The van der Waals surface area contributed by atoms with Gasteiger partial charge in [-0.25, -0.2) is 0 Å². The van der Waals surface area contributed by atoms with Crippen molar-refractivity contribution < 1.29 is 0 Å². The van der Waals surface area contributed by atoms with Gasteiger partial charge in [0.1, 0.15) is 0 Å². The summed E-state index contributed by atoms with van der Waals surface area (Å²) < 4.78 is 5.94. The molecule has 5 rings (SSSR count). The Kier molecular flexibility index (Phi) is 5.56. The van der Waals surface area contributed by atoms with Crippen LogP contribution in [0.1, 0.15) is 11.6 Å². The van der Waals surface area contributed by atoms with E-state index in [1.807, 2.05) is 6.20 Å². The second kappa shape index (κ2) is 8.47. The lowest BCUT2D eigenvalue weighted by Gasteiger charge is -2.38. The molecule has 2 aromatic carbocycles. The first-order chi connectivity index (χ1) is 14.7. The second-order valence-corrected chi connectivity index (χ2v) is 9.21. The summed E-state index contributed by atoms with van der Waals surface area (Å²) in [5.41, 5.74) is 3.91. The Morgan fingerprint density at radius 2 is 1.87 bits per heavy atom. The molecule has 1 aliphatic heterocycles. The van der Waals surface area contributed by atoms with E-state index in [4.69, 9.17) is 0 Å². The summed E-state index contributed by atoms with van der Waals surface area (Å²) in [6.07, 6.45) is 4.32. The summed E-state index contributed by atoms with van der Waals surface area (Å²) in [6.45, 7) is 5.36. The van der Waals surface area contributed by atoms with Gasteiger partial charge in [0.25, 0.3) is 0 Å². The van der Waals surface area contributed by atoms with Gasteiger partial charge in [0, 0.05) is 73.5 Å². The smallest absolute Gasteiger partial charge is 0.0504 e. The van der Waals surface area contributed by atoms with Crippen molar-refractivity contribution >= 4 is 33.8 Å². The molecule has 0 amide bonds. The second-order valence-electron chi connectivity index (χ2n) is 8.24. The number of likely N-dealkylation sites (N-methyl/N-ethyl adjacent to an activating group) is 1. The Labute approximate surface area is 182 Å². The minimum Gasteiger partial charge on any atom is -0.361 e. The van der Waals surface area contributed by atoms with E-state index in [9.17, 15) is 0 Å². The van der Waals surface area contributed by atoms with E-state index in [0.717, 1.165) is 32.7 Å². The third-order valence-electron chi connectivity index (χ3n) is 6.26. The molecule has 1 saturated heterocycles. The van der Waals surface area contributed by atoms with E-state index in [0.29, 0.717) is 6.04 Å². The number of H-pyrrole nitrogens is 1. The standard InChI is InChI=1S/C24H29N5S/c1-27-11-13-29(14-12-27)24(21-17-28(2)23-6-4-3-5-20(21)23)16-26-30-19-8-7-18-9-10-25-22(18)15-19/h3-10,15,17,24-26H,11-14,16H2,1-2H3. The van der Waals surface area contributed by atoms with Crippen molar-refractivity contribution in [2.75, 3.05) is 39.8 Å². The van der Waals surface area contributed by atoms with Crippen LogP contribution in [0.4, 0.5) is 0 Å². The van der Waals surface area contributed by atoms with Gasteiger partial charge in [-0.15, -0.1) is 0 Å². The van der Waals surface area contributed by atoms with Crippen LogP contribution in [0.3, 0.4) is 0 Å². The highest BCUT2D eigenvalue weighted by Crippen LogP contribution is 2.31. The van der Waals surface area contributed by atoms with Gasteiger partial charge in [-0.05, 0) is 54.2 Å². The molecule has 156 valence electrons. The Morgan fingerprint density at radius 1 is 1.03 bits per heavy atom. The number of nitrogens with zero attached hydrogens (tertiary/aromatic N) is 3. The number of benzene rings is 2. The average Bonchev–Trinajstić information content (AvgIpc) is 3.36. The topological polar surface area (TPSA) is 39.2 Å². The maximum absolute atomic E-state index is 3.68. The Morgan fingerprint density at radius 3 is 2.73 bits per heavy atom. The first-order valence-corrected chi connectivity index (χ1v) is 11.4. The summed E-state index contributed by atoms with van der Waals surface area (Å²) in [7, 11) is 4.37. The molecule has 1 unspecified atom stereocenters. The normalized spacial score (nSPS) is 17.1. The van der Waals surface area contributed by atoms with Crippen molar-refractivity contribution in [1.29, 1.82) is 0 Å². The Bertz CT molecular complexity index is 1140. The molecule has 3 heterocycles. The van der Waals surface area contributed by atoms with Crippen LogP contribution in [0.25, 0.3) is 21.8 Å². The lowest BCUT2D eigenvalue weighted by atomic mass is 10.0. The first kappa shape index (κ1) is 19.7. The van der Waals surface area contributed by atoms with E-state index in [2.05, 4.69) is 92.9 Å². The van der Waals surface area contributed by atoms with E-state index in [-0.39, 0.29) is 0 Å². The molecule has 0 aliphatic carbocycles. The van der Waals surface area contributed by atoms with E-state index in [1.54, 1.807) is 11.9 Å². The van der Waals surface area contributed by atoms with Crippen LogP contribution >= 0.6 is 11.9 Å². The summed E-state index contributed by atoms with van der Waals surface area (Å²) in [4.78, 5) is 9.61. The fourth-order valence-electron chi connectivity index (χ4n) is 4.50. The molecule has 1 fully saturated rings. The highest BCUT2D eigenvalue weighted by Gasteiger charge is 2.26. The Balaban J connectivity index is 1.38. The van der Waals surface area contributed by atoms with Crippen LogP contribution in [-0.2, 0) is 7.05 Å². The van der Waals surface area contributed by atoms with Crippen molar-refractivity contribution in [2.24, 2.45) is 7.05 Å². The zero-order valence-corrected chi connectivity index (χ0v) is 18.5. The number of hydrogen-bond donors (Lipinski definition) is 2. The fourth-order valence-corrected chi connectivity index (χ4v) is 5.22. The molecule has 0 saturated carbocycles. The van der Waals surface area contributed by atoms with Gasteiger partial charge in [0.05, 0.1) is 6.04 Å². The predicted molar refractivity (Wildman–Crippen MR) is 127 cm³/mol. The highest BCUT2D eigenvalue weighted by atomic mass is 32.2. The van der Waals surface area contributed by atoms with Crippen molar-refractivity contribution in [2.45, 2.75) is 10.9 Å². The largest absolute Gasteiger partial charge is 0.361 e. The van der Waals surface area contributed by atoms with Crippen LogP contribution in [0, 0.1) is 0 Å². The van der Waals surface area contributed by atoms with E-state index < -0.39 is 0 Å². The molecule has 5 nitrogen and oxygen atoms in total. The minimum absolute atomic E-state index is 0.353. The van der Waals surface area contributed by atoms with E-state index >= 15 is 0 Å². The number of rotatable bonds is 6. The van der Waals surface area contributed by atoms with Crippen LogP contribution < -0.4 is 4.72 Å². The molecular weight excluding hydrogens is 390 g/mol. The van der Waals surface area contributed by atoms with Gasteiger partial charge in [-0.3, -0.25) is 9.62 Å². The fraction of sp³-hybridized carbons (Fsp3) is 0.333. The van der Waals surface area contributed by atoms with Crippen LogP contribution in [0.15, 0.2) is 65.8 Å². The maximum Gasteiger partial charge on any atom is 0.0504 e. The van der Waals surface area contributed by atoms with Gasteiger partial charge >= 0.3 is 0 Å². The van der Waals surface area contributed by atoms with E-state index in [1.165, 1.54) is 32.3 Å². The number of aromatic amines is 1. The molecule has 0 bridgehead atoms. The van der Waals surface area contributed by atoms with Crippen molar-refractivity contribution in [3.63, 3.8) is 0 Å².